The summed E-state index contributed by atoms with van der Waals surface area (Å²) in [6.07, 6.45) is 0. The highest BCUT2D eigenvalue weighted by Gasteiger charge is 2.29. The maximum Gasteiger partial charge on any atom is 0.212 e. The molecule has 7 heteroatoms. The van der Waals surface area contributed by atoms with Gasteiger partial charge in [0.15, 0.2) is 5.82 Å². The zero-order valence-electron chi connectivity index (χ0n) is 13.3. The van der Waals surface area contributed by atoms with Crippen LogP contribution in [0.25, 0.3) is 11.4 Å². The zero-order valence-corrected chi connectivity index (χ0v) is 14.1. The van der Waals surface area contributed by atoms with Gasteiger partial charge in [-0.2, -0.15) is 0 Å². The number of hydrogen-bond acceptors (Lipinski definition) is 6. The molecule has 0 aliphatic carbocycles. The van der Waals surface area contributed by atoms with E-state index in [0.717, 1.165) is 33.6 Å². The molecule has 3 aromatic rings. The first-order chi connectivity index (χ1) is 11.8. The highest BCUT2D eigenvalue weighted by Crippen LogP contribution is 2.43. The maximum atomic E-state index is 5.46. The number of benzene rings is 2. The van der Waals surface area contributed by atoms with E-state index in [1.807, 2.05) is 47.1 Å². The summed E-state index contributed by atoms with van der Waals surface area (Å²) in [5, 5.41) is 9.44. The van der Waals surface area contributed by atoms with Crippen molar-refractivity contribution in [3.63, 3.8) is 0 Å². The molecule has 1 atom stereocenters. The molecular weight excluding hydrogens is 324 g/mol. The number of para-hydroxylation sites is 1. The minimum Gasteiger partial charge on any atom is -0.497 e. The van der Waals surface area contributed by atoms with Crippen LogP contribution < -0.4 is 14.9 Å². The third-order valence-electron chi connectivity index (χ3n) is 3.87. The molecule has 0 spiro atoms. The molecule has 1 unspecified atom stereocenters. The topological polar surface area (TPSA) is 61.2 Å². The first-order valence-electron chi connectivity index (χ1n) is 7.46. The quantitative estimate of drug-likeness (QED) is 0.786. The molecule has 1 N–H and O–H groups in total. The highest BCUT2D eigenvalue weighted by molar-refractivity contribution is 7.99. The fourth-order valence-corrected chi connectivity index (χ4v) is 3.68. The normalized spacial score (nSPS) is 15.7. The Balaban J connectivity index is 1.65. The van der Waals surface area contributed by atoms with Crippen LogP contribution in [0.5, 0.6) is 11.5 Å². The van der Waals surface area contributed by atoms with Crippen LogP contribution in [0, 0.1) is 0 Å². The Kier molecular flexibility index (Phi) is 3.78. The van der Waals surface area contributed by atoms with Crippen LogP contribution >= 0.6 is 11.8 Å². The summed E-state index contributed by atoms with van der Waals surface area (Å²) in [4.78, 5) is 0. The van der Waals surface area contributed by atoms with Gasteiger partial charge in [-0.05, 0) is 30.3 Å². The number of rotatable bonds is 4. The van der Waals surface area contributed by atoms with E-state index in [1.54, 1.807) is 26.0 Å². The van der Waals surface area contributed by atoms with Gasteiger partial charge in [-0.25, -0.2) is 4.68 Å². The maximum absolute atomic E-state index is 5.46. The molecule has 24 heavy (non-hydrogen) atoms. The fourth-order valence-electron chi connectivity index (χ4n) is 2.65. The molecule has 2 aromatic carbocycles. The Morgan fingerprint density at radius 1 is 1.00 bits per heavy atom. The summed E-state index contributed by atoms with van der Waals surface area (Å²) in [6.45, 7) is 0. The minimum absolute atomic E-state index is 0.0312. The van der Waals surface area contributed by atoms with Crippen molar-refractivity contribution in [2.45, 2.75) is 10.5 Å². The van der Waals surface area contributed by atoms with Crippen LogP contribution in [-0.2, 0) is 0 Å². The number of ether oxygens (including phenoxy) is 2. The molecule has 4 rings (SSSR count). The molecule has 2 heterocycles. The number of fused-ring (bicyclic) bond motifs is 1. The van der Waals surface area contributed by atoms with Gasteiger partial charge in [0.05, 0.1) is 14.2 Å². The van der Waals surface area contributed by atoms with Crippen LogP contribution in [0.1, 0.15) is 10.9 Å². The summed E-state index contributed by atoms with van der Waals surface area (Å²) in [5.41, 5.74) is 5.50. The summed E-state index contributed by atoms with van der Waals surface area (Å²) in [6, 6.07) is 15.7. The van der Waals surface area contributed by atoms with Crippen molar-refractivity contribution < 1.29 is 9.47 Å². The van der Waals surface area contributed by atoms with Gasteiger partial charge in [0.1, 0.15) is 16.9 Å². The van der Waals surface area contributed by atoms with Gasteiger partial charge < -0.3 is 14.9 Å². The number of aromatic nitrogens is 3. The first kappa shape index (κ1) is 14.9. The summed E-state index contributed by atoms with van der Waals surface area (Å²) < 4.78 is 12.6. The van der Waals surface area contributed by atoms with E-state index in [1.165, 1.54) is 0 Å². The second-order valence-corrected chi connectivity index (χ2v) is 6.31. The van der Waals surface area contributed by atoms with E-state index < -0.39 is 0 Å². The second-order valence-electron chi connectivity index (χ2n) is 5.24. The van der Waals surface area contributed by atoms with E-state index in [0.29, 0.717) is 0 Å². The molecule has 0 fully saturated rings. The van der Waals surface area contributed by atoms with Gasteiger partial charge in [0.25, 0.3) is 0 Å². The molecule has 0 bridgehead atoms. The molecule has 0 saturated heterocycles. The van der Waals surface area contributed by atoms with Crippen molar-refractivity contribution in [3.8, 4) is 22.9 Å². The van der Waals surface area contributed by atoms with E-state index in [9.17, 15) is 0 Å². The van der Waals surface area contributed by atoms with Crippen LogP contribution in [-0.4, -0.2) is 29.1 Å². The monoisotopic (exact) mass is 340 g/mol. The van der Waals surface area contributed by atoms with Gasteiger partial charge in [-0.1, -0.05) is 30.0 Å². The highest BCUT2D eigenvalue weighted by atomic mass is 32.2. The SMILES string of the molecule is COc1ccc(-c2nnc3n2NC(c2ccccc2OC)S3)cc1. The van der Waals surface area contributed by atoms with E-state index in [-0.39, 0.29) is 5.37 Å². The Bertz CT molecular complexity index is 863. The number of hydrogen-bond donors (Lipinski definition) is 1. The predicted molar refractivity (Wildman–Crippen MR) is 93.0 cm³/mol. The lowest BCUT2D eigenvalue weighted by atomic mass is 10.2. The van der Waals surface area contributed by atoms with Crippen molar-refractivity contribution >= 4 is 11.8 Å². The van der Waals surface area contributed by atoms with Crippen molar-refractivity contribution in [2.24, 2.45) is 0 Å². The lowest BCUT2D eigenvalue weighted by Crippen LogP contribution is -2.14. The van der Waals surface area contributed by atoms with Gasteiger partial charge in [0.2, 0.25) is 5.16 Å². The molecular formula is C17H16N4O2S. The minimum atomic E-state index is 0.0312. The molecule has 1 aromatic heterocycles. The smallest absolute Gasteiger partial charge is 0.212 e. The summed E-state index contributed by atoms with van der Waals surface area (Å²) >= 11 is 1.62. The Labute approximate surface area is 143 Å². The van der Waals surface area contributed by atoms with E-state index >= 15 is 0 Å². The van der Waals surface area contributed by atoms with Crippen LogP contribution in [0.3, 0.4) is 0 Å². The molecule has 6 nitrogen and oxygen atoms in total. The largest absolute Gasteiger partial charge is 0.497 e. The molecule has 1 aliphatic heterocycles. The van der Waals surface area contributed by atoms with E-state index in [4.69, 9.17) is 9.47 Å². The van der Waals surface area contributed by atoms with Crippen molar-refractivity contribution in [2.75, 3.05) is 19.6 Å². The number of thioether (sulfide) groups is 1. The Hall–Kier alpha value is -2.67. The number of methoxy groups -OCH3 is 2. The average Bonchev–Trinajstić information content (AvgIpc) is 3.22. The molecule has 122 valence electrons. The lowest BCUT2D eigenvalue weighted by molar-refractivity contribution is 0.409. The zero-order chi connectivity index (χ0) is 16.5. The summed E-state index contributed by atoms with van der Waals surface area (Å²) in [7, 11) is 3.33. The van der Waals surface area contributed by atoms with Crippen molar-refractivity contribution in [3.05, 3.63) is 54.1 Å². The fraction of sp³-hybridized carbons (Fsp3) is 0.176. The van der Waals surface area contributed by atoms with Crippen LogP contribution in [0.4, 0.5) is 0 Å². The Morgan fingerprint density at radius 3 is 2.54 bits per heavy atom. The lowest BCUT2D eigenvalue weighted by Gasteiger charge is -2.15. The predicted octanol–water partition coefficient (Wildman–Crippen LogP) is 3.31. The standard InChI is InChI=1S/C17H16N4O2S/c1-22-12-9-7-11(8-10-12)15-18-19-17-21(15)20-16(24-17)13-5-3-4-6-14(13)23-2/h3-10,16,20H,1-2H3. The number of nitrogens with zero attached hydrogens (tertiary/aromatic N) is 3. The number of nitrogens with one attached hydrogen (secondary N) is 1. The van der Waals surface area contributed by atoms with Gasteiger partial charge in [-0.15, -0.1) is 10.2 Å². The first-order valence-corrected chi connectivity index (χ1v) is 8.34. The van der Waals surface area contributed by atoms with Crippen molar-refractivity contribution in [1.29, 1.82) is 0 Å². The average molecular weight is 340 g/mol. The molecule has 0 amide bonds. The second kappa shape index (κ2) is 6.09. The summed E-state index contributed by atoms with van der Waals surface area (Å²) in [5.74, 6) is 2.44. The van der Waals surface area contributed by atoms with Crippen LogP contribution in [0.2, 0.25) is 0 Å². The van der Waals surface area contributed by atoms with Gasteiger partial charge >= 0.3 is 0 Å². The molecule has 0 saturated carbocycles. The van der Waals surface area contributed by atoms with Gasteiger partial charge in [0, 0.05) is 11.1 Å². The third-order valence-corrected chi connectivity index (χ3v) is 4.94. The van der Waals surface area contributed by atoms with E-state index in [2.05, 4.69) is 21.7 Å². The third kappa shape index (κ3) is 2.46. The van der Waals surface area contributed by atoms with Crippen LogP contribution in [0.15, 0.2) is 53.7 Å². The Morgan fingerprint density at radius 2 is 1.79 bits per heavy atom. The molecule has 0 radical (unpaired) electrons. The van der Waals surface area contributed by atoms with Gasteiger partial charge in [-0.3, -0.25) is 0 Å². The molecule has 1 aliphatic rings. The van der Waals surface area contributed by atoms with Crippen molar-refractivity contribution in [1.82, 2.24) is 14.9 Å².